The fourth-order valence-corrected chi connectivity index (χ4v) is 6.11. The highest BCUT2D eigenvalue weighted by Gasteiger charge is 2.30. The van der Waals surface area contributed by atoms with E-state index in [4.69, 9.17) is 11.6 Å². The molecule has 0 unspecified atom stereocenters. The molecule has 23 heavy (non-hydrogen) atoms. The van der Waals surface area contributed by atoms with Crippen molar-refractivity contribution in [3.8, 4) is 0 Å². The summed E-state index contributed by atoms with van der Waals surface area (Å²) in [6.45, 7) is 6.02. The Morgan fingerprint density at radius 1 is 1.30 bits per heavy atom. The molecular weight excluding hydrogens is 354 g/mol. The smallest absolute Gasteiger partial charge is 0.252 e. The highest BCUT2D eigenvalue weighted by molar-refractivity contribution is 7.91. The van der Waals surface area contributed by atoms with Gasteiger partial charge in [-0.15, -0.1) is 11.3 Å². The lowest BCUT2D eigenvalue weighted by Crippen LogP contribution is -2.39. The molecule has 1 aliphatic heterocycles. The summed E-state index contributed by atoms with van der Waals surface area (Å²) in [6.07, 6.45) is 1.72. The lowest BCUT2D eigenvalue weighted by Gasteiger charge is -2.31. The number of sulfonamides is 1. The Balaban J connectivity index is 1.63. The van der Waals surface area contributed by atoms with Crippen LogP contribution in [0, 0.1) is 19.8 Å². The van der Waals surface area contributed by atoms with Crippen LogP contribution in [0.2, 0.25) is 4.34 Å². The van der Waals surface area contributed by atoms with Crippen LogP contribution in [0.5, 0.6) is 0 Å². The van der Waals surface area contributed by atoms with E-state index in [-0.39, 0.29) is 0 Å². The monoisotopic (exact) mass is 373 g/mol. The number of piperidine rings is 1. The van der Waals surface area contributed by atoms with E-state index >= 15 is 0 Å². The topological polar surface area (TPSA) is 55.2 Å². The molecule has 0 aliphatic carbocycles. The summed E-state index contributed by atoms with van der Waals surface area (Å²) in [5, 5.41) is 4.49. The van der Waals surface area contributed by atoms with Crippen molar-refractivity contribution in [3.63, 3.8) is 0 Å². The Hall–Kier alpha value is -0.890. The van der Waals surface area contributed by atoms with E-state index in [1.54, 1.807) is 16.4 Å². The Morgan fingerprint density at radius 2 is 2.00 bits per heavy atom. The Kier molecular flexibility index (Phi) is 4.83. The van der Waals surface area contributed by atoms with E-state index in [1.165, 1.54) is 0 Å². The van der Waals surface area contributed by atoms with Crippen LogP contribution in [0.25, 0.3) is 0 Å². The van der Waals surface area contributed by atoms with Gasteiger partial charge in [-0.2, -0.15) is 9.40 Å². The van der Waals surface area contributed by atoms with E-state index in [0.717, 1.165) is 42.1 Å². The van der Waals surface area contributed by atoms with E-state index in [1.807, 2.05) is 11.6 Å². The van der Waals surface area contributed by atoms with Gasteiger partial charge in [-0.25, -0.2) is 8.42 Å². The van der Waals surface area contributed by atoms with Gasteiger partial charge in [0.15, 0.2) is 0 Å². The Bertz CT molecular complexity index is 790. The number of thiophene rings is 1. The molecule has 0 aromatic carbocycles. The van der Waals surface area contributed by atoms with E-state index in [2.05, 4.69) is 18.1 Å². The second kappa shape index (κ2) is 6.55. The number of hydrogen-bond donors (Lipinski definition) is 0. The SMILES string of the molecule is Cc1cc(C)n(CC2CCN(S(=O)(=O)c3ccc(Cl)s3)CC2)n1. The van der Waals surface area contributed by atoms with Crippen molar-refractivity contribution < 1.29 is 8.42 Å². The molecule has 0 spiro atoms. The molecule has 2 aromatic heterocycles. The maximum absolute atomic E-state index is 12.6. The molecule has 1 fully saturated rings. The van der Waals surface area contributed by atoms with Crippen LogP contribution in [0.3, 0.4) is 0 Å². The fraction of sp³-hybridized carbons (Fsp3) is 0.533. The van der Waals surface area contributed by atoms with Crippen LogP contribution in [0.4, 0.5) is 0 Å². The van der Waals surface area contributed by atoms with Crippen molar-refractivity contribution in [2.24, 2.45) is 5.92 Å². The van der Waals surface area contributed by atoms with Crippen molar-refractivity contribution in [1.29, 1.82) is 0 Å². The van der Waals surface area contributed by atoms with Gasteiger partial charge in [0.25, 0.3) is 10.0 Å². The first-order valence-corrected chi connectivity index (χ1v) is 10.3. The summed E-state index contributed by atoms with van der Waals surface area (Å²) in [4.78, 5) is 0. The summed E-state index contributed by atoms with van der Waals surface area (Å²) in [6, 6.07) is 5.29. The molecule has 0 amide bonds. The van der Waals surface area contributed by atoms with Crippen molar-refractivity contribution >= 4 is 33.0 Å². The average molecular weight is 374 g/mol. The molecule has 1 saturated heterocycles. The summed E-state index contributed by atoms with van der Waals surface area (Å²) in [7, 11) is -3.40. The van der Waals surface area contributed by atoms with Crippen molar-refractivity contribution in [2.75, 3.05) is 13.1 Å². The zero-order chi connectivity index (χ0) is 16.6. The van der Waals surface area contributed by atoms with Gasteiger partial charge in [-0.1, -0.05) is 11.6 Å². The van der Waals surface area contributed by atoms with Crippen LogP contribution in [0.1, 0.15) is 24.2 Å². The molecule has 126 valence electrons. The van der Waals surface area contributed by atoms with Crippen LogP contribution in [-0.4, -0.2) is 35.6 Å². The quantitative estimate of drug-likeness (QED) is 0.826. The van der Waals surface area contributed by atoms with Gasteiger partial charge in [0.1, 0.15) is 4.21 Å². The molecule has 3 heterocycles. The lowest BCUT2D eigenvalue weighted by molar-refractivity contribution is 0.246. The minimum absolute atomic E-state index is 0.333. The maximum atomic E-state index is 12.6. The first-order chi connectivity index (χ1) is 10.9. The summed E-state index contributed by atoms with van der Waals surface area (Å²) >= 11 is 6.98. The third-order valence-electron chi connectivity index (χ3n) is 4.25. The summed E-state index contributed by atoms with van der Waals surface area (Å²) < 4.78 is 29.6. The molecule has 0 bridgehead atoms. The number of hydrogen-bond acceptors (Lipinski definition) is 4. The number of halogens is 1. The molecule has 3 rings (SSSR count). The largest absolute Gasteiger partial charge is 0.269 e. The summed E-state index contributed by atoms with van der Waals surface area (Å²) in [5.74, 6) is 0.464. The van der Waals surface area contributed by atoms with Crippen LogP contribution >= 0.6 is 22.9 Å². The Morgan fingerprint density at radius 3 is 2.52 bits per heavy atom. The molecule has 2 aromatic rings. The van der Waals surface area contributed by atoms with Gasteiger partial charge < -0.3 is 0 Å². The fourth-order valence-electron chi connectivity index (χ4n) is 3.00. The van der Waals surface area contributed by atoms with Crippen molar-refractivity contribution in [2.45, 2.75) is 37.4 Å². The van der Waals surface area contributed by atoms with E-state index in [0.29, 0.717) is 27.6 Å². The molecule has 0 atom stereocenters. The normalized spacial score (nSPS) is 17.7. The first-order valence-electron chi connectivity index (χ1n) is 7.63. The van der Waals surface area contributed by atoms with Gasteiger partial charge in [0.2, 0.25) is 0 Å². The molecule has 0 saturated carbocycles. The van der Waals surface area contributed by atoms with Gasteiger partial charge in [0, 0.05) is 25.3 Å². The van der Waals surface area contributed by atoms with Crippen molar-refractivity contribution in [1.82, 2.24) is 14.1 Å². The van der Waals surface area contributed by atoms with Gasteiger partial charge in [-0.3, -0.25) is 4.68 Å². The number of aryl methyl sites for hydroxylation is 2. The average Bonchev–Trinajstić information content (AvgIpc) is 3.06. The zero-order valence-electron chi connectivity index (χ0n) is 13.2. The van der Waals surface area contributed by atoms with Gasteiger partial charge in [-0.05, 0) is 50.8 Å². The minimum atomic E-state index is -3.40. The molecule has 5 nitrogen and oxygen atoms in total. The standard InChI is InChI=1S/C15H20ClN3O2S2/c1-11-9-12(2)19(17-11)10-13-5-7-18(8-6-13)23(20,21)15-4-3-14(16)22-15/h3-4,9,13H,5-8,10H2,1-2H3. The highest BCUT2D eigenvalue weighted by atomic mass is 35.5. The van der Waals surface area contributed by atoms with Crippen LogP contribution in [0.15, 0.2) is 22.4 Å². The number of rotatable bonds is 4. The van der Waals surface area contributed by atoms with Gasteiger partial charge in [0.05, 0.1) is 10.0 Å². The molecule has 0 radical (unpaired) electrons. The highest BCUT2D eigenvalue weighted by Crippen LogP contribution is 2.30. The second-order valence-corrected chi connectivity index (χ2v) is 9.90. The van der Waals surface area contributed by atoms with Gasteiger partial charge >= 0.3 is 0 Å². The lowest BCUT2D eigenvalue weighted by atomic mass is 9.98. The zero-order valence-corrected chi connectivity index (χ0v) is 15.6. The second-order valence-electron chi connectivity index (χ2n) is 6.02. The predicted octanol–water partition coefficient (Wildman–Crippen LogP) is 3.32. The Labute approximate surface area is 145 Å². The first kappa shape index (κ1) is 17.0. The molecule has 0 N–H and O–H groups in total. The van der Waals surface area contributed by atoms with Crippen LogP contribution < -0.4 is 0 Å². The summed E-state index contributed by atoms with van der Waals surface area (Å²) in [5.41, 5.74) is 2.18. The number of aromatic nitrogens is 2. The molecule has 1 aliphatic rings. The van der Waals surface area contributed by atoms with Crippen LogP contribution in [-0.2, 0) is 16.6 Å². The molecule has 8 heteroatoms. The third-order valence-corrected chi connectivity index (χ3v) is 7.85. The van der Waals surface area contributed by atoms with E-state index in [9.17, 15) is 8.42 Å². The van der Waals surface area contributed by atoms with E-state index < -0.39 is 10.0 Å². The number of nitrogens with zero attached hydrogens (tertiary/aromatic N) is 3. The minimum Gasteiger partial charge on any atom is -0.269 e. The predicted molar refractivity (Wildman–Crippen MR) is 92.5 cm³/mol. The third kappa shape index (κ3) is 3.63. The maximum Gasteiger partial charge on any atom is 0.252 e. The van der Waals surface area contributed by atoms with Crippen molar-refractivity contribution in [3.05, 3.63) is 33.9 Å². The molecular formula is C15H20ClN3O2S2.